The van der Waals surface area contributed by atoms with Gasteiger partial charge in [0.05, 0.1) is 36.3 Å². The molecule has 2 aromatic rings. The third-order valence-corrected chi connectivity index (χ3v) is 7.67. The summed E-state index contributed by atoms with van der Waals surface area (Å²) in [5.41, 5.74) is 3.63. The van der Waals surface area contributed by atoms with Gasteiger partial charge < -0.3 is 15.3 Å². The van der Waals surface area contributed by atoms with Gasteiger partial charge in [0.2, 0.25) is 10.0 Å². The normalized spacial score (nSPS) is 17.6. The summed E-state index contributed by atoms with van der Waals surface area (Å²) in [6.07, 6.45) is 1.31. The van der Waals surface area contributed by atoms with Crippen molar-refractivity contribution < 1.29 is 32.9 Å². The van der Waals surface area contributed by atoms with Crippen LogP contribution in [0.25, 0.3) is 17.2 Å². The second kappa shape index (κ2) is 11.0. The van der Waals surface area contributed by atoms with Crippen LogP contribution in [0, 0.1) is 5.82 Å². The van der Waals surface area contributed by atoms with Crippen molar-refractivity contribution in [2.24, 2.45) is 0 Å². The lowest BCUT2D eigenvalue weighted by Gasteiger charge is -2.40. The zero-order valence-corrected chi connectivity index (χ0v) is 22.6. The Morgan fingerprint density at radius 3 is 2.38 bits per heavy atom. The fraction of sp³-hybridized carbons (Fsp3) is 0.481. The van der Waals surface area contributed by atoms with Crippen molar-refractivity contribution >= 4 is 22.1 Å². The van der Waals surface area contributed by atoms with E-state index in [9.17, 15) is 27.8 Å². The number of aliphatic hydroxyl groups excluding tert-OH is 2. The number of hydrogen-bond acceptors (Lipinski definition) is 6. The molecular formula is C27H35FN2O6S. The maximum Gasteiger partial charge on any atom is 0.305 e. The Labute approximate surface area is 217 Å². The molecule has 0 radical (unpaired) electrons. The van der Waals surface area contributed by atoms with Crippen molar-refractivity contribution in [1.29, 1.82) is 0 Å². The summed E-state index contributed by atoms with van der Waals surface area (Å²) in [6.45, 7) is 8.20. The van der Waals surface area contributed by atoms with Crippen molar-refractivity contribution in [2.45, 2.75) is 70.6 Å². The van der Waals surface area contributed by atoms with Crippen LogP contribution in [0.3, 0.4) is 0 Å². The molecule has 1 aliphatic heterocycles. The number of aliphatic carboxylic acids is 1. The number of fused-ring (bicyclic) bond motifs is 1. The minimum atomic E-state index is -3.52. The summed E-state index contributed by atoms with van der Waals surface area (Å²) < 4.78 is 40.4. The molecule has 0 bridgehead atoms. The third-order valence-electron chi connectivity index (χ3n) is 6.47. The summed E-state index contributed by atoms with van der Waals surface area (Å²) in [6, 6.07) is 5.94. The highest BCUT2D eigenvalue weighted by atomic mass is 32.2. The minimum Gasteiger partial charge on any atom is -0.481 e. The Balaban J connectivity index is 2.25. The molecule has 1 aromatic heterocycles. The van der Waals surface area contributed by atoms with Crippen molar-refractivity contribution in [3.05, 3.63) is 58.7 Å². The van der Waals surface area contributed by atoms with E-state index < -0.39 is 45.9 Å². The van der Waals surface area contributed by atoms with Crippen LogP contribution < -0.4 is 0 Å². The quantitative estimate of drug-likeness (QED) is 0.448. The topological polar surface area (TPSA) is 128 Å². The van der Waals surface area contributed by atoms with E-state index in [1.807, 2.05) is 27.7 Å². The smallest absolute Gasteiger partial charge is 0.305 e. The van der Waals surface area contributed by atoms with Gasteiger partial charge in [-0.2, -0.15) is 4.31 Å². The van der Waals surface area contributed by atoms with Gasteiger partial charge in [-0.15, -0.1) is 0 Å². The Morgan fingerprint density at radius 1 is 1.22 bits per heavy atom. The van der Waals surface area contributed by atoms with Gasteiger partial charge in [-0.1, -0.05) is 52.0 Å². The van der Waals surface area contributed by atoms with Gasteiger partial charge >= 0.3 is 5.97 Å². The molecule has 3 N–H and O–H groups in total. The number of benzene rings is 1. The number of aliphatic hydroxyl groups is 2. The summed E-state index contributed by atoms with van der Waals surface area (Å²) in [5.74, 6) is -1.61. The number of aromatic nitrogens is 1. The van der Waals surface area contributed by atoms with E-state index in [1.165, 1.54) is 28.8 Å². The molecule has 2 atom stereocenters. The van der Waals surface area contributed by atoms with Gasteiger partial charge in [0, 0.05) is 30.5 Å². The molecule has 1 aromatic carbocycles. The molecule has 0 fully saturated rings. The summed E-state index contributed by atoms with van der Waals surface area (Å²) in [4.78, 5) is 15.9. The highest BCUT2D eigenvalue weighted by molar-refractivity contribution is 7.88. The monoisotopic (exact) mass is 534 g/mol. The van der Waals surface area contributed by atoms with Gasteiger partial charge in [-0.25, -0.2) is 12.8 Å². The van der Waals surface area contributed by atoms with Crippen molar-refractivity contribution in [1.82, 2.24) is 9.29 Å². The first-order valence-electron chi connectivity index (χ1n) is 12.1. The molecule has 1 aliphatic rings. The predicted octanol–water partition coefficient (Wildman–Crippen LogP) is 3.66. The Kier molecular flexibility index (Phi) is 8.58. The zero-order chi connectivity index (χ0) is 27.7. The Morgan fingerprint density at radius 2 is 1.84 bits per heavy atom. The fourth-order valence-electron chi connectivity index (χ4n) is 4.76. The van der Waals surface area contributed by atoms with Crippen LogP contribution in [0.4, 0.5) is 4.39 Å². The van der Waals surface area contributed by atoms with E-state index in [2.05, 4.69) is 0 Å². The SMILES string of the molecule is CC(C)c1nc2c(c(-c3ccc(F)cc3)c1C=C[C@@H](O)C[C@@H](O)CC(=O)O)CN(S(C)(=O)=O)CC2(C)C. The van der Waals surface area contributed by atoms with Gasteiger partial charge in [-0.3, -0.25) is 9.78 Å². The molecule has 0 amide bonds. The average Bonchev–Trinajstić information content (AvgIpc) is 2.75. The van der Waals surface area contributed by atoms with E-state index in [0.29, 0.717) is 22.3 Å². The van der Waals surface area contributed by atoms with Crippen molar-refractivity contribution in [3.63, 3.8) is 0 Å². The number of pyridine rings is 1. The molecule has 0 saturated carbocycles. The van der Waals surface area contributed by atoms with Crippen LogP contribution in [0.1, 0.15) is 69.0 Å². The second-order valence-electron chi connectivity index (χ2n) is 10.6. The second-order valence-corrected chi connectivity index (χ2v) is 12.6. The van der Waals surface area contributed by atoms with Crippen LogP contribution in [0.2, 0.25) is 0 Å². The minimum absolute atomic E-state index is 0.0392. The van der Waals surface area contributed by atoms with E-state index in [4.69, 9.17) is 10.1 Å². The molecule has 202 valence electrons. The standard InChI is InChI=1S/C27H35FN2O6S/c1-16(2)25-21(11-10-19(31)12-20(32)13-23(33)34)24(17-6-8-18(28)9-7-17)22-14-30(37(5,35)36)15-27(3,4)26(22)29-25/h6-11,16,19-20,31-32H,12-15H2,1-5H3,(H,33,34)/t19-,20-/m1/s1. The number of nitrogens with zero attached hydrogens (tertiary/aromatic N) is 2. The molecule has 10 heteroatoms. The number of carboxylic acid groups (broad SMARTS) is 1. The van der Waals surface area contributed by atoms with Gasteiger partial charge in [-0.05, 0) is 34.7 Å². The summed E-state index contributed by atoms with van der Waals surface area (Å²) in [7, 11) is -3.52. The number of hydrogen-bond donors (Lipinski definition) is 3. The molecular weight excluding hydrogens is 499 g/mol. The number of halogens is 1. The van der Waals surface area contributed by atoms with Crippen LogP contribution in [0.5, 0.6) is 0 Å². The number of carbonyl (C=O) groups is 1. The van der Waals surface area contributed by atoms with E-state index >= 15 is 0 Å². The number of rotatable bonds is 9. The van der Waals surface area contributed by atoms with E-state index in [0.717, 1.165) is 11.4 Å². The van der Waals surface area contributed by atoms with Crippen LogP contribution in [-0.2, 0) is 26.8 Å². The van der Waals surface area contributed by atoms with Crippen LogP contribution in [-0.4, -0.2) is 64.0 Å². The fourth-order valence-corrected chi connectivity index (χ4v) is 5.68. The third kappa shape index (κ3) is 6.81. The number of carboxylic acids is 1. The lowest BCUT2D eigenvalue weighted by molar-refractivity contribution is -0.139. The predicted molar refractivity (Wildman–Crippen MR) is 140 cm³/mol. The van der Waals surface area contributed by atoms with Crippen molar-refractivity contribution in [2.75, 3.05) is 12.8 Å². The van der Waals surface area contributed by atoms with Crippen LogP contribution >= 0.6 is 0 Å². The average molecular weight is 535 g/mol. The zero-order valence-electron chi connectivity index (χ0n) is 21.8. The van der Waals surface area contributed by atoms with E-state index in [1.54, 1.807) is 18.2 Å². The van der Waals surface area contributed by atoms with Crippen molar-refractivity contribution in [3.8, 4) is 11.1 Å². The maximum atomic E-state index is 13.8. The Hall–Kier alpha value is -2.66. The molecule has 0 aliphatic carbocycles. The maximum absolute atomic E-state index is 13.8. The van der Waals surface area contributed by atoms with Gasteiger partial charge in [0.1, 0.15) is 5.82 Å². The molecule has 37 heavy (non-hydrogen) atoms. The first kappa shape index (κ1) is 28.9. The highest BCUT2D eigenvalue weighted by Gasteiger charge is 2.39. The lowest BCUT2D eigenvalue weighted by atomic mass is 9.78. The highest BCUT2D eigenvalue weighted by Crippen LogP contribution is 2.42. The molecule has 8 nitrogen and oxygen atoms in total. The largest absolute Gasteiger partial charge is 0.481 e. The first-order valence-corrected chi connectivity index (χ1v) is 14.0. The van der Waals surface area contributed by atoms with Crippen LogP contribution in [0.15, 0.2) is 30.3 Å². The molecule has 0 unspecified atom stereocenters. The van der Waals surface area contributed by atoms with Gasteiger partial charge in [0.15, 0.2) is 0 Å². The Bertz CT molecular complexity index is 1290. The summed E-state index contributed by atoms with van der Waals surface area (Å²) >= 11 is 0. The summed E-state index contributed by atoms with van der Waals surface area (Å²) in [5, 5.41) is 29.3. The lowest BCUT2D eigenvalue weighted by Crippen LogP contribution is -2.45. The van der Waals surface area contributed by atoms with E-state index in [-0.39, 0.29) is 25.4 Å². The molecule has 2 heterocycles. The first-order chi connectivity index (χ1) is 17.1. The number of sulfonamides is 1. The molecule has 0 saturated heterocycles. The molecule has 0 spiro atoms. The van der Waals surface area contributed by atoms with Gasteiger partial charge in [0.25, 0.3) is 0 Å². The molecule has 3 rings (SSSR count).